The SMILES string of the molecule is CCOc1ccccc1[C@H](C)CNc1cc(-c2ccc(N3CCN(C)CC3)nc2)ncn1. The average Bonchev–Trinajstić information content (AvgIpc) is 2.84. The lowest BCUT2D eigenvalue weighted by molar-refractivity contribution is 0.312. The Morgan fingerprint density at radius 3 is 2.59 bits per heavy atom. The van der Waals surface area contributed by atoms with Crippen LogP contribution >= 0.6 is 0 Å². The van der Waals surface area contributed by atoms with Crippen LogP contribution in [0.5, 0.6) is 5.75 Å². The molecular weight excluding hydrogens is 400 g/mol. The predicted molar refractivity (Wildman–Crippen MR) is 129 cm³/mol. The number of hydrogen-bond acceptors (Lipinski definition) is 7. The van der Waals surface area contributed by atoms with Gasteiger partial charge in [0.25, 0.3) is 0 Å². The van der Waals surface area contributed by atoms with Crippen LogP contribution in [0.2, 0.25) is 0 Å². The van der Waals surface area contributed by atoms with E-state index in [-0.39, 0.29) is 5.92 Å². The zero-order chi connectivity index (χ0) is 22.3. The molecule has 0 spiro atoms. The van der Waals surface area contributed by atoms with Crippen molar-refractivity contribution in [3.8, 4) is 17.0 Å². The number of rotatable bonds is 8. The molecule has 7 heteroatoms. The fourth-order valence-electron chi connectivity index (χ4n) is 3.91. The molecule has 3 aromatic rings. The van der Waals surface area contributed by atoms with Gasteiger partial charge in [0.15, 0.2) is 0 Å². The van der Waals surface area contributed by atoms with Gasteiger partial charge in [0.2, 0.25) is 0 Å². The molecule has 1 saturated heterocycles. The van der Waals surface area contributed by atoms with Crippen molar-refractivity contribution >= 4 is 11.6 Å². The van der Waals surface area contributed by atoms with Gasteiger partial charge in [0, 0.05) is 56.5 Å². The predicted octanol–water partition coefficient (Wildman–Crippen LogP) is 3.90. The Morgan fingerprint density at radius 2 is 1.84 bits per heavy atom. The molecule has 7 nitrogen and oxygen atoms in total. The van der Waals surface area contributed by atoms with Crippen LogP contribution in [0.4, 0.5) is 11.6 Å². The number of benzene rings is 1. The molecule has 1 aliphatic rings. The lowest BCUT2D eigenvalue weighted by Gasteiger charge is -2.33. The van der Waals surface area contributed by atoms with Crippen LogP contribution in [0.3, 0.4) is 0 Å². The van der Waals surface area contributed by atoms with Crippen molar-refractivity contribution in [1.29, 1.82) is 0 Å². The summed E-state index contributed by atoms with van der Waals surface area (Å²) in [6, 6.07) is 14.4. The Hall–Kier alpha value is -3.19. The van der Waals surface area contributed by atoms with E-state index in [0.29, 0.717) is 6.61 Å². The monoisotopic (exact) mass is 432 g/mol. The summed E-state index contributed by atoms with van der Waals surface area (Å²) >= 11 is 0. The minimum atomic E-state index is 0.278. The van der Waals surface area contributed by atoms with Crippen LogP contribution in [0.15, 0.2) is 55.0 Å². The first kappa shape index (κ1) is 22.0. The molecule has 0 unspecified atom stereocenters. The quantitative estimate of drug-likeness (QED) is 0.579. The van der Waals surface area contributed by atoms with Crippen LogP contribution in [0.25, 0.3) is 11.3 Å². The van der Waals surface area contributed by atoms with Crippen molar-refractivity contribution in [3.05, 3.63) is 60.6 Å². The molecule has 32 heavy (non-hydrogen) atoms. The molecule has 1 N–H and O–H groups in total. The van der Waals surface area contributed by atoms with E-state index in [0.717, 1.165) is 61.4 Å². The normalized spacial score (nSPS) is 15.4. The van der Waals surface area contributed by atoms with Gasteiger partial charge in [-0.05, 0) is 37.7 Å². The first-order chi connectivity index (χ1) is 15.6. The van der Waals surface area contributed by atoms with E-state index in [1.165, 1.54) is 5.56 Å². The van der Waals surface area contributed by atoms with Crippen molar-refractivity contribution in [2.45, 2.75) is 19.8 Å². The molecule has 0 bridgehead atoms. The summed E-state index contributed by atoms with van der Waals surface area (Å²) in [7, 11) is 2.16. The molecule has 1 aliphatic heterocycles. The molecule has 0 aliphatic carbocycles. The molecule has 4 rings (SSSR count). The van der Waals surface area contributed by atoms with Crippen molar-refractivity contribution in [2.75, 3.05) is 56.6 Å². The minimum absolute atomic E-state index is 0.278. The average molecular weight is 433 g/mol. The maximum atomic E-state index is 5.78. The van der Waals surface area contributed by atoms with E-state index >= 15 is 0 Å². The van der Waals surface area contributed by atoms with Gasteiger partial charge < -0.3 is 19.9 Å². The van der Waals surface area contributed by atoms with E-state index in [4.69, 9.17) is 4.74 Å². The second kappa shape index (κ2) is 10.4. The second-order valence-electron chi connectivity index (χ2n) is 8.24. The smallest absolute Gasteiger partial charge is 0.129 e. The molecular formula is C25H32N6O. The third-order valence-electron chi connectivity index (χ3n) is 5.88. The topological polar surface area (TPSA) is 66.4 Å². The Morgan fingerprint density at radius 1 is 1.03 bits per heavy atom. The molecule has 3 heterocycles. The van der Waals surface area contributed by atoms with E-state index in [2.05, 4.69) is 68.3 Å². The molecule has 1 aromatic carbocycles. The molecule has 2 aromatic heterocycles. The highest BCUT2D eigenvalue weighted by molar-refractivity contribution is 5.62. The number of piperazine rings is 1. The van der Waals surface area contributed by atoms with Crippen molar-refractivity contribution < 1.29 is 4.74 Å². The third-order valence-corrected chi connectivity index (χ3v) is 5.88. The van der Waals surface area contributed by atoms with Gasteiger partial charge >= 0.3 is 0 Å². The summed E-state index contributed by atoms with van der Waals surface area (Å²) in [5.41, 5.74) is 3.05. The summed E-state index contributed by atoms with van der Waals surface area (Å²) in [5, 5.41) is 3.45. The zero-order valence-corrected chi connectivity index (χ0v) is 19.2. The molecule has 0 amide bonds. The molecule has 1 atom stereocenters. The first-order valence-electron chi connectivity index (χ1n) is 11.3. The van der Waals surface area contributed by atoms with E-state index in [1.807, 2.05) is 31.3 Å². The Labute approximate surface area is 190 Å². The number of para-hydroxylation sites is 1. The van der Waals surface area contributed by atoms with Gasteiger partial charge in [0.05, 0.1) is 12.3 Å². The molecule has 168 valence electrons. The number of ether oxygens (including phenoxy) is 1. The van der Waals surface area contributed by atoms with E-state index < -0.39 is 0 Å². The number of hydrogen-bond donors (Lipinski definition) is 1. The zero-order valence-electron chi connectivity index (χ0n) is 19.2. The van der Waals surface area contributed by atoms with Crippen LogP contribution in [0, 0.1) is 0 Å². The number of nitrogens with zero attached hydrogens (tertiary/aromatic N) is 5. The summed E-state index contributed by atoms with van der Waals surface area (Å²) in [6.07, 6.45) is 3.51. The van der Waals surface area contributed by atoms with Crippen LogP contribution in [-0.4, -0.2) is 66.2 Å². The largest absolute Gasteiger partial charge is 0.494 e. The van der Waals surface area contributed by atoms with Gasteiger partial charge in [-0.3, -0.25) is 0 Å². The Bertz CT molecular complexity index is 1000. The summed E-state index contributed by atoms with van der Waals surface area (Å²) in [6.45, 7) is 9.76. The highest BCUT2D eigenvalue weighted by atomic mass is 16.5. The summed E-state index contributed by atoms with van der Waals surface area (Å²) in [5.74, 6) is 3.05. The van der Waals surface area contributed by atoms with Crippen molar-refractivity contribution in [1.82, 2.24) is 19.9 Å². The fraction of sp³-hybridized carbons (Fsp3) is 0.400. The van der Waals surface area contributed by atoms with Gasteiger partial charge in [-0.25, -0.2) is 15.0 Å². The lowest BCUT2D eigenvalue weighted by atomic mass is 10.00. The number of likely N-dealkylation sites (N-methyl/N-ethyl adjacent to an activating group) is 1. The van der Waals surface area contributed by atoms with E-state index in [1.54, 1.807) is 6.33 Å². The van der Waals surface area contributed by atoms with E-state index in [9.17, 15) is 0 Å². The summed E-state index contributed by atoms with van der Waals surface area (Å²) in [4.78, 5) is 18.2. The van der Waals surface area contributed by atoms with Crippen molar-refractivity contribution in [2.24, 2.45) is 0 Å². The number of aromatic nitrogens is 3. The Kier molecular flexibility index (Phi) is 7.17. The third kappa shape index (κ3) is 5.34. The molecule has 0 saturated carbocycles. The maximum absolute atomic E-state index is 5.78. The first-order valence-corrected chi connectivity index (χ1v) is 11.3. The van der Waals surface area contributed by atoms with Gasteiger partial charge in [-0.2, -0.15) is 0 Å². The van der Waals surface area contributed by atoms with Crippen molar-refractivity contribution in [3.63, 3.8) is 0 Å². The second-order valence-corrected chi connectivity index (χ2v) is 8.24. The number of nitrogens with one attached hydrogen (secondary N) is 1. The van der Waals surface area contributed by atoms with Crippen LogP contribution in [0.1, 0.15) is 25.3 Å². The van der Waals surface area contributed by atoms with Gasteiger partial charge in [0.1, 0.15) is 23.7 Å². The maximum Gasteiger partial charge on any atom is 0.129 e. The number of anilines is 2. The molecule has 1 fully saturated rings. The van der Waals surface area contributed by atoms with Crippen LogP contribution < -0.4 is 15.0 Å². The number of pyridine rings is 1. The fourth-order valence-corrected chi connectivity index (χ4v) is 3.91. The summed E-state index contributed by atoms with van der Waals surface area (Å²) < 4.78 is 5.78. The highest BCUT2D eigenvalue weighted by Gasteiger charge is 2.15. The van der Waals surface area contributed by atoms with Gasteiger partial charge in [-0.1, -0.05) is 25.1 Å². The lowest BCUT2D eigenvalue weighted by Crippen LogP contribution is -2.44. The van der Waals surface area contributed by atoms with Crippen LogP contribution in [-0.2, 0) is 0 Å². The Balaban J connectivity index is 1.40. The highest BCUT2D eigenvalue weighted by Crippen LogP contribution is 2.27. The van der Waals surface area contributed by atoms with Gasteiger partial charge in [-0.15, -0.1) is 0 Å². The minimum Gasteiger partial charge on any atom is -0.494 e. The molecule has 0 radical (unpaired) electrons. The standard InChI is InChI=1S/C25H32N6O/c1-4-32-23-8-6-5-7-21(23)19(2)16-26-24-15-22(28-18-29-24)20-9-10-25(27-17-20)31-13-11-30(3)12-14-31/h5-10,15,17-19H,4,11-14,16H2,1-3H3,(H,26,28,29)/t19-/m1/s1.